The van der Waals surface area contributed by atoms with E-state index in [9.17, 15) is 22.8 Å². The van der Waals surface area contributed by atoms with Gasteiger partial charge in [-0.25, -0.2) is 0 Å². The first kappa shape index (κ1) is 33.1. The van der Waals surface area contributed by atoms with Gasteiger partial charge in [0.05, 0.1) is 13.0 Å². The molecule has 0 aromatic rings. The fourth-order valence-electron chi connectivity index (χ4n) is 3.49. The van der Waals surface area contributed by atoms with Crippen LogP contribution in [0.1, 0.15) is 110 Å². The summed E-state index contributed by atoms with van der Waals surface area (Å²) in [5, 5.41) is 9.10. The second kappa shape index (κ2) is 20.3. The molecular formula is C25H45NO8S. The Morgan fingerprint density at radius 2 is 1.40 bits per heavy atom. The first-order chi connectivity index (χ1) is 16.6. The molecule has 10 heteroatoms. The highest BCUT2D eigenvalue weighted by molar-refractivity contribution is 7.87. The number of ether oxygens (including phenoxy) is 1. The standard InChI is InChI=1S/C25H45NO8S/c1-3-4-5-6-7-8-9-10-11-12-13-14-15-16-17-18-23(27)26-20-21(2)34-25(30)22(19-24(28)29)35(31,32)33/h10-11,21-22H,3-9,12-20H2,1-2H3,(H,26,27)(H,28,29)(H,31,32,33)/b11-10+/t21-,22-/m0/s1. The van der Waals surface area contributed by atoms with E-state index in [4.69, 9.17) is 14.4 Å². The molecule has 0 aromatic heterocycles. The summed E-state index contributed by atoms with van der Waals surface area (Å²) >= 11 is 0. The van der Waals surface area contributed by atoms with Crippen molar-refractivity contribution in [3.8, 4) is 0 Å². The molecule has 204 valence electrons. The minimum atomic E-state index is -4.92. The smallest absolute Gasteiger partial charge is 0.327 e. The van der Waals surface area contributed by atoms with E-state index in [2.05, 4.69) is 24.4 Å². The zero-order valence-electron chi connectivity index (χ0n) is 21.4. The van der Waals surface area contributed by atoms with Crippen molar-refractivity contribution in [2.24, 2.45) is 0 Å². The van der Waals surface area contributed by atoms with Gasteiger partial charge in [-0.05, 0) is 39.0 Å². The summed E-state index contributed by atoms with van der Waals surface area (Å²) in [6.45, 7) is 3.62. The highest BCUT2D eigenvalue weighted by Crippen LogP contribution is 2.11. The van der Waals surface area contributed by atoms with Gasteiger partial charge in [0.15, 0.2) is 5.25 Å². The predicted octanol–water partition coefficient (Wildman–Crippen LogP) is 4.80. The quantitative estimate of drug-likeness (QED) is 0.0799. The molecule has 0 spiro atoms. The highest BCUT2D eigenvalue weighted by Gasteiger charge is 2.35. The van der Waals surface area contributed by atoms with Gasteiger partial charge in [-0.2, -0.15) is 8.42 Å². The number of nitrogens with one attached hydrogen (secondary N) is 1. The summed E-state index contributed by atoms with van der Waals surface area (Å²) in [5.41, 5.74) is 0. The van der Waals surface area contributed by atoms with E-state index < -0.39 is 39.8 Å². The van der Waals surface area contributed by atoms with Crippen LogP contribution in [0.3, 0.4) is 0 Å². The first-order valence-electron chi connectivity index (χ1n) is 12.9. The van der Waals surface area contributed by atoms with Crippen LogP contribution in [0.15, 0.2) is 12.2 Å². The second-order valence-electron chi connectivity index (χ2n) is 8.99. The Balaban J connectivity index is 3.80. The number of aliphatic carboxylic acids is 1. The molecule has 9 nitrogen and oxygen atoms in total. The monoisotopic (exact) mass is 519 g/mol. The van der Waals surface area contributed by atoms with E-state index in [-0.39, 0.29) is 12.5 Å². The third kappa shape index (κ3) is 20.0. The Morgan fingerprint density at radius 3 is 1.91 bits per heavy atom. The molecule has 35 heavy (non-hydrogen) atoms. The molecule has 0 aliphatic carbocycles. The number of carbonyl (C=O) groups excluding carboxylic acids is 2. The number of hydrogen-bond donors (Lipinski definition) is 3. The molecule has 0 aliphatic rings. The molecule has 0 unspecified atom stereocenters. The van der Waals surface area contributed by atoms with E-state index in [0.717, 1.165) is 38.5 Å². The Labute approximate surface area is 210 Å². The van der Waals surface area contributed by atoms with Crippen LogP contribution in [0.5, 0.6) is 0 Å². The lowest BCUT2D eigenvalue weighted by Gasteiger charge is -2.17. The van der Waals surface area contributed by atoms with Crippen molar-refractivity contribution in [1.82, 2.24) is 5.32 Å². The van der Waals surface area contributed by atoms with Crippen LogP contribution in [0, 0.1) is 0 Å². The lowest BCUT2D eigenvalue weighted by atomic mass is 10.1. The number of carboxylic acid groups (broad SMARTS) is 1. The van der Waals surface area contributed by atoms with Crippen LogP contribution in [-0.4, -0.2) is 53.8 Å². The van der Waals surface area contributed by atoms with E-state index in [1.807, 2.05) is 0 Å². The van der Waals surface area contributed by atoms with E-state index >= 15 is 0 Å². The fraction of sp³-hybridized carbons (Fsp3) is 0.800. The van der Waals surface area contributed by atoms with Gasteiger partial charge < -0.3 is 15.2 Å². The molecule has 1 amide bonds. The summed E-state index contributed by atoms with van der Waals surface area (Å²) in [4.78, 5) is 34.5. The molecule has 0 fully saturated rings. The molecular weight excluding hydrogens is 474 g/mol. The number of esters is 1. The van der Waals surface area contributed by atoms with Crippen molar-refractivity contribution in [2.45, 2.75) is 122 Å². The summed E-state index contributed by atoms with van der Waals surface area (Å²) in [6, 6.07) is 0. The SMILES string of the molecule is CCCCCCCC/C=C/CCCCCCCC(=O)NC[C@H](C)OC(=O)[C@H](CC(=O)O)S(=O)(=O)O. The number of amides is 1. The van der Waals surface area contributed by atoms with Gasteiger partial charge >= 0.3 is 11.9 Å². The van der Waals surface area contributed by atoms with Crippen LogP contribution in [0.2, 0.25) is 0 Å². The average Bonchev–Trinajstić information content (AvgIpc) is 2.77. The molecule has 3 N–H and O–H groups in total. The fourth-order valence-corrected chi connectivity index (χ4v) is 4.14. The molecule has 0 rings (SSSR count). The van der Waals surface area contributed by atoms with Crippen LogP contribution in [-0.2, 0) is 29.2 Å². The maximum absolute atomic E-state index is 11.9. The van der Waals surface area contributed by atoms with Gasteiger partial charge in [0.1, 0.15) is 6.10 Å². The Bertz CT molecular complexity index is 736. The molecule has 0 heterocycles. The lowest BCUT2D eigenvalue weighted by molar-refractivity contribution is -0.151. The van der Waals surface area contributed by atoms with Gasteiger partial charge in [-0.1, -0.05) is 70.4 Å². The van der Waals surface area contributed by atoms with Crippen molar-refractivity contribution < 1.29 is 37.2 Å². The average molecular weight is 520 g/mol. The topological polar surface area (TPSA) is 147 Å². The van der Waals surface area contributed by atoms with Gasteiger partial charge in [0.25, 0.3) is 10.1 Å². The second-order valence-corrected chi connectivity index (χ2v) is 10.6. The highest BCUT2D eigenvalue weighted by atomic mass is 32.2. The number of allylic oxidation sites excluding steroid dienone is 2. The van der Waals surface area contributed by atoms with Gasteiger partial charge in [0.2, 0.25) is 5.91 Å². The first-order valence-corrected chi connectivity index (χ1v) is 14.4. The summed E-state index contributed by atoms with van der Waals surface area (Å²) in [5.74, 6) is -3.14. The predicted molar refractivity (Wildman–Crippen MR) is 136 cm³/mol. The Hall–Kier alpha value is -1.94. The molecule has 0 aromatic carbocycles. The molecule has 0 saturated carbocycles. The third-order valence-corrected chi connectivity index (χ3v) is 6.63. The van der Waals surface area contributed by atoms with Crippen molar-refractivity contribution >= 4 is 28.0 Å². The molecule has 0 saturated heterocycles. The number of hydrogen-bond acceptors (Lipinski definition) is 6. The number of unbranched alkanes of at least 4 members (excludes halogenated alkanes) is 11. The Morgan fingerprint density at radius 1 is 0.886 bits per heavy atom. The Kier molecular flexibility index (Phi) is 19.1. The summed E-state index contributed by atoms with van der Waals surface area (Å²) in [6.07, 6.45) is 18.1. The third-order valence-electron chi connectivity index (χ3n) is 5.55. The van der Waals surface area contributed by atoms with Crippen LogP contribution < -0.4 is 5.32 Å². The van der Waals surface area contributed by atoms with E-state index in [1.165, 1.54) is 51.9 Å². The maximum atomic E-state index is 11.9. The summed E-state index contributed by atoms with van der Waals surface area (Å²) in [7, 11) is -4.92. The van der Waals surface area contributed by atoms with Crippen molar-refractivity contribution in [3.63, 3.8) is 0 Å². The number of carbonyl (C=O) groups is 3. The van der Waals surface area contributed by atoms with E-state index in [1.54, 1.807) is 0 Å². The number of rotatable bonds is 22. The van der Waals surface area contributed by atoms with Gasteiger partial charge in [0, 0.05) is 6.42 Å². The van der Waals surface area contributed by atoms with Crippen LogP contribution >= 0.6 is 0 Å². The summed E-state index contributed by atoms with van der Waals surface area (Å²) < 4.78 is 36.3. The van der Waals surface area contributed by atoms with E-state index in [0.29, 0.717) is 6.42 Å². The van der Waals surface area contributed by atoms with Crippen molar-refractivity contribution in [2.75, 3.05) is 6.54 Å². The number of carboxylic acids is 1. The van der Waals surface area contributed by atoms with Gasteiger partial charge in [-0.3, -0.25) is 18.9 Å². The minimum absolute atomic E-state index is 0.0408. The largest absolute Gasteiger partial charge is 0.481 e. The zero-order valence-corrected chi connectivity index (χ0v) is 22.2. The van der Waals surface area contributed by atoms with Crippen molar-refractivity contribution in [1.29, 1.82) is 0 Å². The van der Waals surface area contributed by atoms with Gasteiger partial charge in [-0.15, -0.1) is 0 Å². The molecule has 0 aliphatic heterocycles. The van der Waals surface area contributed by atoms with Crippen LogP contribution in [0.25, 0.3) is 0 Å². The van der Waals surface area contributed by atoms with Crippen LogP contribution in [0.4, 0.5) is 0 Å². The zero-order chi connectivity index (χ0) is 26.5. The molecule has 2 atom stereocenters. The maximum Gasteiger partial charge on any atom is 0.327 e. The normalized spacial score (nSPS) is 13.5. The molecule has 0 bridgehead atoms. The molecule has 0 radical (unpaired) electrons. The lowest BCUT2D eigenvalue weighted by Crippen LogP contribution is -2.39. The van der Waals surface area contributed by atoms with Crippen molar-refractivity contribution in [3.05, 3.63) is 12.2 Å². The minimum Gasteiger partial charge on any atom is -0.481 e.